The lowest BCUT2D eigenvalue weighted by molar-refractivity contribution is 0.478. The molecular weight excluding hydrogens is 248 g/mol. The third-order valence-electron chi connectivity index (χ3n) is 3.81. The lowest BCUT2D eigenvalue weighted by Crippen LogP contribution is -1.81. The van der Waals surface area contributed by atoms with Crippen molar-refractivity contribution in [1.29, 1.82) is 0 Å². The molecule has 0 saturated heterocycles. The molecule has 0 aliphatic rings. The molecule has 4 rings (SSSR count). The standard InChI is InChI=1S/C18H12O2/c19-17-7-3-6-14-16(17)10-13-8-11-4-1-2-5-12(11)9-15(13)18(14)20/h1-10,19-20H. The van der Waals surface area contributed by atoms with E-state index in [4.69, 9.17) is 0 Å². The Balaban J connectivity index is 2.26. The van der Waals surface area contributed by atoms with E-state index in [0.29, 0.717) is 10.8 Å². The van der Waals surface area contributed by atoms with Crippen molar-refractivity contribution in [3.63, 3.8) is 0 Å². The maximum atomic E-state index is 10.5. The van der Waals surface area contributed by atoms with Gasteiger partial charge in [-0.3, -0.25) is 0 Å². The van der Waals surface area contributed by atoms with Crippen molar-refractivity contribution in [2.45, 2.75) is 0 Å². The summed E-state index contributed by atoms with van der Waals surface area (Å²) in [5.74, 6) is 0.409. The zero-order chi connectivity index (χ0) is 13.7. The van der Waals surface area contributed by atoms with Crippen LogP contribution in [0, 0.1) is 0 Å². The molecule has 0 amide bonds. The third-order valence-corrected chi connectivity index (χ3v) is 3.81. The number of benzene rings is 4. The number of rotatable bonds is 0. The van der Waals surface area contributed by atoms with Crippen LogP contribution in [0.5, 0.6) is 11.5 Å². The van der Waals surface area contributed by atoms with Crippen LogP contribution in [-0.2, 0) is 0 Å². The zero-order valence-electron chi connectivity index (χ0n) is 10.7. The van der Waals surface area contributed by atoms with Gasteiger partial charge in [-0.25, -0.2) is 0 Å². The van der Waals surface area contributed by atoms with Crippen LogP contribution in [0.1, 0.15) is 0 Å². The van der Waals surface area contributed by atoms with E-state index in [1.54, 1.807) is 12.1 Å². The summed E-state index contributed by atoms with van der Waals surface area (Å²) >= 11 is 0. The molecular formula is C18H12O2. The lowest BCUT2D eigenvalue weighted by Gasteiger charge is -2.09. The summed E-state index contributed by atoms with van der Waals surface area (Å²) in [6.07, 6.45) is 0. The smallest absolute Gasteiger partial charge is 0.131 e. The second-order valence-electron chi connectivity index (χ2n) is 5.02. The molecule has 2 N–H and O–H groups in total. The number of hydrogen-bond donors (Lipinski definition) is 2. The minimum Gasteiger partial charge on any atom is -0.507 e. The van der Waals surface area contributed by atoms with Gasteiger partial charge in [0.05, 0.1) is 0 Å². The molecule has 20 heavy (non-hydrogen) atoms. The Morgan fingerprint density at radius 2 is 1.25 bits per heavy atom. The quantitative estimate of drug-likeness (QED) is 0.455. The van der Waals surface area contributed by atoms with E-state index >= 15 is 0 Å². The van der Waals surface area contributed by atoms with Gasteiger partial charge in [-0.2, -0.15) is 0 Å². The molecule has 2 nitrogen and oxygen atoms in total. The first-order valence-corrected chi connectivity index (χ1v) is 6.50. The Kier molecular flexibility index (Phi) is 2.15. The maximum Gasteiger partial charge on any atom is 0.131 e. The highest BCUT2D eigenvalue weighted by Gasteiger charge is 2.09. The number of fused-ring (bicyclic) bond motifs is 3. The molecule has 2 heteroatoms. The summed E-state index contributed by atoms with van der Waals surface area (Å²) in [6, 6.07) is 19.2. The number of hydrogen-bond acceptors (Lipinski definition) is 2. The highest BCUT2D eigenvalue weighted by atomic mass is 16.3. The van der Waals surface area contributed by atoms with Gasteiger partial charge in [0.25, 0.3) is 0 Å². The Hall–Kier alpha value is -2.74. The van der Waals surface area contributed by atoms with Crippen LogP contribution < -0.4 is 0 Å². The van der Waals surface area contributed by atoms with Gasteiger partial charge in [0.15, 0.2) is 0 Å². The summed E-state index contributed by atoms with van der Waals surface area (Å²) in [4.78, 5) is 0. The summed E-state index contributed by atoms with van der Waals surface area (Å²) in [5, 5.41) is 25.7. The Morgan fingerprint density at radius 1 is 0.550 bits per heavy atom. The maximum absolute atomic E-state index is 10.5. The highest BCUT2D eigenvalue weighted by molar-refractivity contribution is 6.10. The monoisotopic (exact) mass is 260 g/mol. The van der Waals surface area contributed by atoms with Crippen molar-refractivity contribution in [2.24, 2.45) is 0 Å². The molecule has 0 spiro atoms. The van der Waals surface area contributed by atoms with E-state index in [0.717, 1.165) is 21.5 Å². The molecule has 96 valence electrons. The summed E-state index contributed by atoms with van der Waals surface area (Å²) < 4.78 is 0. The molecule has 0 heterocycles. The summed E-state index contributed by atoms with van der Waals surface area (Å²) in [7, 11) is 0. The van der Waals surface area contributed by atoms with Crippen LogP contribution in [-0.4, -0.2) is 10.2 Å². The van der Waals surface area contributed by atoms with E-state index in [2.05, 4.69) is 0 Å². The molecule has 4 aromatic rings. The zero-order valence-corrected chi connectivity index (χ0v) is 10.7. The molecule has 0 aliphatic heterocycles. The van der Waals surface area contributed by atoms with Gasteiger partial charge in [-0.05, 0) is 40.4 Å². The molecule has 4 aromatic carbocycles. The van der Waals surface area contributed by atoms with Gasteiger partial charge >= 0.3 is 0 Å². The number of phenols is 2. The van der Waals surface area contributed by atoms with Crippen LogP contribution in [0.15, 0.2) is 60.7 Å². The molecule has 0 atom stereocenters. The van der Waals surface area contributed by atoms with Gasteiger partial charge in [0.2, 0.25) is 0 Å². The van der Waals surface area contributed by atoms with Crippen molar-refractivity contribution < 1.29 is 10.2 Å². The molecule has 0 fully saturated rings. The van der Waals surface area contributed by atoms with Gasteiger partial charge in [0.1, 0.15) is 11.5 Å². The molecule has 0 saturated carbocycles. The number of phenolic OH excluding ortho intramolecular Hbond substituents is 2. The predicted molar refractivity (Wildman–Crippen MR) is 82.3 cm³/mol. The second kappa shape index (κ2) is 3.87. The fraction of sp³-hybridized carbons (Fsp3) is 0. The number of aromatic hydroxyl groups is 2. The normalized spacial score (nSPS) is 11.4. The summed E-state index contributed by atoms with van der Waals surface area (Å²) in [5.41, 5.74) is 0. The average molecular weight is 260 g/mol. The molecule has 0 unspecified atom stereocenters. The molecule has 0 radical (unpaired) electrons. The van der Waals surface area contributed by atoms with Gasteiger partial charge in [-0.15, -0.1) is 0 Å². The van der Waals surface area contributed by atoms with Gasteiger partial charge in [-0.1, -0.05) is 36.4 Å². The fourth-order valence-electron chi connectivity index (χ4n) is 2.79. The van der Waals surface area contributed by atoms with Gasteiger partial charge in [0, 0.05) is 16.2 Å². The minimum atomic E-state index is 0.188. The van der Waals surface area contributed by atoms with Crippen LogP contribution in [0.3, 0.4) is 0 Å². The van der Waals surface area contributed by atoms with Crippen LogP contribution in [0.25, 0.3) is 32.3 Å². The van der Waals surface area contributed by atoms with Crippen molar-refractivity contribution in [3.8, 4) is 11.5 Å². The third kappa shape index (κ3) is 1.45. The lowest BCUT2D eigenvalue weighted by atomic mass is 9.98. The molecule has 0 aliphatic carbocycles. The van der Waals surface area contributed by atoms with Crippen molar-refractivity contribution in [2.75, 3.05) is 0 Å². The topological polar surface area (TPSA) is 40.5 Å². The Morgan fingerprint density at radius 3 is 2.05 bits per heavy atom. The summed E-state index contributed by atoms with van der Waals surface area (Å²) in [6.45, 7) is 0. The first-order valence-electron chi connectivity index (χ1n) is 6.50. The van der Waals surface area contributed by atoms with Crippen molar-refractivity contribution >= 4 is 32.3 Å². The largest absolute Gasteiger partial charge is 0.507 e. The molecule has 0 bridgehead atoms. The first-order chi connectivity index (χ1) is 9.74. The van der Waals surface area contributed by atoms with Gasteiger partial charge < -0.3 is 10.2 Å². The highest BCUT2D eigenvalue weighted by Crippen LogP contribution is 2.38. The fourth-order valence-corrected chi connectivity index (χ4v) is 2.79. The van der Waals surface area contributed by atoms with E-state index in [-0.39, 0.29) is 11.5 Å². The minimum absolute atomic E-state index is 0.188. The van der Waals surface area contributed by atoms with Crippen LogP contribution in [0.2, 0.25) is 0 Å². The Labute approximate surface area is 115 Å². The van der Waals surface area contributed by atoms with E-state index < -0.39 is 0 Å². The SMILES string of the molecule is Oc1cccc2c(O)c3cc4ccccc4cc3cc12. The Bertz CT molecular complexity index is 971. The van der Waals surface area contributed by atoms with Crippen molar-refractivity contribution in [3.05, 3.63) is 60.7 Å². The average Bonchev–Trinajstić information content (AvgIpc) is 2.47. The first kappa shape index (κ1) is 11.1. The van der Waals surface area contributed by atoms with E-state index in [1.807, 2.05) is 48.5 Å². The van der Waals surface area contributed by atoms with Crippen molar-refractivity contribution in [1.82, 2.24) is 0 Å². The molecule has 0 aromatic heterocycles. The predicted octanol–water partition coefficient (Wildman–Crippen LogP) is 4.56. The van der Waals surface area contributed by atoms with E-state index in [9.17, 15) is 10.2 Å². The van der Waals surface area contributed by atoms with E-state index in [1.165, 1.54) is 0 Å². The second-order valence-corrected chi connectivity index (χ2v) is 5.02. The van der Waals surface area contributed by atoms with Crippen LogP contribution >= 0.6 is 0 Å². The van der Waals surface area contributed by atoms with Crippen LogP contribution in [0.4, 0.5) is 0 Å².